The SMILES string of the molecule is CCC(=O)NCC(=O)c1ccc(/C=C/C(c2cc(Cl)c(Cl)c(Cl)c2)C(F)(F)F)cc1Br. The largest absolute Gasteiger partial charge is 0.399 e. The number of hydrogen-bond acceptors (Lipinski definition) is 2. The van der Waals surface area contributed by atoms with Crippen molar-refractivity contribution in [2.75, 3.05) is 6.54 Å². The van der Waals surface area contributed by atoms with Crippen molar-refractivity contribution in [1.29, 1.82) is 0 Å². The van der Waals surface area contributed by atoms with Gasteiger partial charge < -0.3 is 5.32 Å². The van der Waals surface area contributed by atoms with Crippen molar-refractivity contribution in [3.8, 4) is 0 Å². The molecule has 166 valence electrons. The smallest absolute Gasteiger partial charge is 0.349 e. The number of benzene rings is 2. The molecule has 0 aromatic heterocycles. The van der Waals surface area contributed by atoms with Gasteiger partial charge in [-0.25, -0.2) is 0 Å². The van der Waals surface area contributed by atoms with Crippen molar-refractivity contribution < 1.29 is 22.8 Å². The Bertz CT molecular complexity index is 1000. The van der Waals surface area contributed by atoms with Crippen molar-refractivity contribution in [2.24, 2.45) is 0 Å². The number of nitrogens with one attached hydrogen (secondary N) is 1. The van der Waals surface area contributed by atoms with E-state index in [0.717, 1.165) is 18.2 Å². The lowest BCUT2D eigenvalue weighted by Gasteiger charge is -2.18. The minimum atomic E-state index is -4.60. The maximum atomic E-state index is 13.6. The van der Waals surface area contributed by atoms with Crippen molar-refractivity contribution in [2.45, 2.75) is 25.4 Å². The van der Waals surface area contributed by atoms with E-state index in [4.69, 9.17) is 34.8 Å². The van der Waals surface area contributed by atoms with Gasteiger partial charge in [0, 0.05) is 16.5 Å². The fourth-order valence-corrected chi connectivity index (χ4v) is 3.86. The average Bonchev–Trinajstić information content (AvgIpc) is 2.69. The lowest BCUT2D eigenvalue weighted by atomic mass is 9.97. The molecule has 0 spiro atoms. The molecule has 2 aromatic carbocycles. The molecule has 0 heterocycles. The number of Topliss-reactive ketones (excluding diaryl/α,β-unsaturated/α-hetero) is 1. The van der Waals surface area contributed by atoms with Crippen molar-refractivity contribution in [3.63, 3.8) is 0 Å². The summed E-state index contributed by atoms with van der Waals surface area (Å²) in [4.78, 5) is 23.5. The van der Waals surface area contributed by atoms with Crippen molar-refractivity contribution in [1.82, 2.24) is 5.32 Å². The van der Waals surface area contributed by atoms with Gasteiger partial charge in [0.1, 0.15) is 0 Å². The van der Waals surface area contributed by atoms with Gasteiger partial charge in [0.05, 0.1) is 27.5 Å². The zero-order valence-corrected chi connectivity index (χ0v) is 19.8. The highest BCUT2D eigenvalue weighted by Crippen LogP contribution is 2.41. The van der Waals surface area contributed by atoms with Gasteiger partial charge in [0.2, 0.25) is 5.91 Å². The summed E-state index contributed by atoms with van der Waals surface area (Å²) in [5.74, 6) is -2.56. The van der Waals surface area contributed by atoms with Gasteiger partial charge in [-0.1, -0.05) is 75.9 Å². The Balaban J connectivity index is 2.28. The predicted octanol–water partition coefficient (Wildman–Crippen LogP) is 7.48. The van der Waals surface area contributed by atoms with Crippen LogP contribution < -0.4 is 5.32 Å². The lowest BCUT2D eigenvalue weighted by molar-refractivity contribution is -0.139. The van der Waals surface area contributed by atoms with Gasteiger partial charge in [-0.05, 0) is 35.4 Å². The van der Waals surface area contributed by atoms with E-state index >= 15 is 0 Å². The molecule has 31 heavy (non-hydrogen) atoms. The number of rotatable bonds is 7. The number of amides is 1. The third kappa shape index (κ3) is 6.97. The molecule has 2 rings (SSSR count). The maximum absolute atomic E-state index is 13.6. The highest BCUT2D eigenvalue weighted by atomic mass is 79.9. The number of carbonyl (C=O) groups excluding carboxylic acids is 2. The summed E-state index contributed by atoms with van der Waals surface area (Å²) in [7, 11) is 0. The molecule has 0 saturated heterocycles. The molecule has 1 atom stereocenters. The first-order chi connectivity index (χ1) is 14.4. The summed E-state index contributed by atoms with van der Waals surface area (Å²) >= 11 is 20.8. The molecular formula is C21H16BrCl3F3NO2. The Hall–Kier alpha value is -1.54. The monoisotopic (exact) mass is 555 g/mol. The van der Waals surface area contributed by atoms with Gasteiger partial charge in [-0.15, -0.1) is 0 Å². The van der Waals surface area contributed by atoms with Crippen LogP contribution in [-0.4, -0.2) is 24.4 Å². The minimum absolute atomic E-state index is 0.0173. The van der Waals surface area contributed by atoms with Crippen LogP contribution in [0.4, 0.5) is 13.2 Å². The maximum Gasteiger partial charge on any atom is 0.399 e. The van der Waals surface area contributed by atoms with Crippen LogP contribution >= 0.6 is 50.7 Å². The molecule has 0 aliphatic carbocycles. The summed E-state index contributed by atoms with van der Waals surface area (Å²) in [5, 5.41) is 2.31. The standard InChI is InChI=1S/C21H16BrCl3F3NO2/c1-2-19(31)29-10-18(30)13-5-3-11(7-15(13)22)4-6-14(21(26,27)28)12-8-16(23)20(25)17(24)9-12/h3-9,14H,2,10H2,1H3,(H,29,31)/b6-4+. The molecule has 0 saturated carbocycles. The van der Waals surface area contributed by atoms with Crippen LogP contribution in [0.3, 0.4) is 0 Å². The molecule has 0 radical (unpaired) electrons. The molecule has 3 nitrogen and oxygen atoms in total. The van der Waals surface area contributed by atoms with E-state index in [1.165, 1.54) is 24.3 Å². The first-order valence-corrected chi connectivity index (χ1v) is 10.9. The van der Waals surface area contributed by atoms with Crippen LogP contribution in [-0.2, 0) is 4.79 Å². The van der Waals surface area contributed by atoms with Gasteiger partial charge >= 0.3 is 6.18 Å². The Morgan fingerprint density at radius 3 is 2.26 bits per heavy atom. The molecule has 1 N–H and O–H groups in total. The summed E-state index contributed by atoms with van der Waals surface area (Å²) in [6, 6.07) is 6.75. The topological polar surface area (TPSA) is 46.2 Å². The Labute approximate surface area is 200 Å². The Kier molecular flexibility index (Phi) is 9.01. The van der Waals surface area contributed by atoms with Crippen LogP contribution in [0.1, 0.15) is 40.7 Å². The fourth-order valence-electron chi connectivity index (χ4n) is 2.63. The molecule has 0 aliphatic heterocycles. The van der Waals surface area contributed by atoms with E-state index in [1.54, 1.807) is 6.92 Å². The van der Waals surface area contributed by atoms with Gasteiger partial charge in [0.15, 0.2) is 5.78 Å². The number of alkyl halides is 3. The van der Waals surface area contributed by atoms with E-state index in [-0.39, 0.29) is 45.3 Å². The van der Waals surface area contributed by atoms with E-state index < -0.39 is 12.1 Å². The van der Waals surface area contributed by atoms with Crippen LogP contribution in [0.5, 0.6) is 0 Å². The average molecular weight is 558 g/mol. The molecular weight excluding hydrogens is 541 g/mol. The highest BCUT2D eigenvalue weighted by molar-refractivity contribution is 9.10. The van der Waals surface area contributed by atoms with E-state index in [9.17, 15) is 22.8 Å². The number of carbonyl (C=O) groups is 2. The minimum Gasteiger partial charge on any atom is -0.349 e. The molecule has 10 heteroatoms. The summed E-state index contributed by atoms with van der Waals surface area (Å²) in [6.07, 6.45) is -2.09. The van der Waals surface area contributed by atoms with E-state index in [1.807, 2.05) is 0 Å². The number of hydrogen-bond donors (Lipinski definition) is 1. The van der Waals surface area contributed by atoms with Crippen molar-refractivity contribution >= 4 is 68.5 Å². The first-order valence-electron chi connectivity index (χ1n) is 8.92. The van der Waals surface area contributed by atoms with E-state index in [2.05, 4.69) is 21.2 Å². The lowest BCUT2D eigenvalue weighted by Crippen LogP contribution is -2.28. The first kappa shape index (κ1) is 25.7. The molecule has 1 unspecified atom stereocenters. The van der Waals surface area contributed by atoms with Crippen LogP contribution in [0.25, 0.3) is 6.08 Å². The second-order valence-corrected chi connectivity index (χ2v) is 8.52. The molecule has 1 amide bonds. The van der Waals surface area contributed by atoms with Gasteiger partial charge in [-0.2, -0.15) is 13.2 Å². The van der Waals surface area contributed by atoms with Crippen molar-refractivity contribution in [3.05, 3.63) is 72.6 Å². The summed E-state index contributed by atoms with van der Waals surface area (Å²) in [6.45, 7) is 1.49. The third-order valence-corrected chi connectivity index (χ3v) is 6.11. The Morgan fingerprint density at radius 2 is 1.74 bits per heavy atom. The quantitative estimate of drug-likeness (QED) is 0.284. The predicted molar refractivity (Wildman–Crippen MR) is 121 cm³/mol. The van der Waals surface area contributed by atoms with Crippen LogP contribution in [0.2, 0.25) is 15.1 Å². The molecule has 0 aliphatic rings. The Morgan fingerprint density at radius 1 is 1.13 bits per heavy atom. The second-order valence-electron chi connectivity index (χ2n) is 6.47. The third-order valence-electron chi connectivity index (χ3n) is 4.26. The highest BCUT2D eigenvalue weighted by Gasteiger charge is 2.39. The van der Waals surface area contributed by atoms with Gasteiger partial charge in [0.25, 0.3) is 0 Å². The zero-order chi connectivity index (χ0) is 23.3. The number of halogens is 7. The van der Waals surface area contributed by atoms with E-state index in [0.29, 0.717) is 15.6 Å². The normalized spacial score (nSPS) is 12.8. The fraction of sp³-hybridized carbons (Fsp3) is 0.238. The molecule has 0 fully saturated rings. The summed E-state index contributed by atoms with van der Waals surface area (Å²) < 4.78 is 41.3. The van der Waals surface area contributed by atoms with Crippen LogP contribution in [0.15, 0.2) is 40.9 Å². The van der Waals surface area contributed by atoms with Crippen LogP contribution in [0, 0.1) is 0 Å². The zero-order valence-electron chi connectivity index (χ0n) is 16.0. The second kappa shape index (κ2) is 10.9. The number of allylic oxidation sites excluding steroid dienone is 1. The number of ketones is 1. The summed E-state index contributed by atoms with van der Waals surface area (Å²) in [5.41, 5.74) is 0.583. The molecule has 0 bridgehead atoms. The van der Waals surface area contributed by atoms with Gasteiger partial charge in [-0.3, -0.25) is 9.59 Å². The molecule has 2 aromatic rings.